The molecule has 1 aromatic carbocycles. The Morgan fingerprint density at radius 2 is 1.67 bits per heavy atom. The summed E-state index contributed by atoms with van der Waals surface area (Å²) in [5.74, 6) is -0.692. The van der Waals surface area contributed by atoms with E-state index in [1.54, 1.807) is 0 Å². The predicted molar refractivity (Wildman–Crippen MR) is 58.9 cm³/mol. The number of rotatable bonds is 3. The van der Waals surface area contributed by atoms with Crippen molar-refractivity contribution < 1.29 is 26.3 Å². The third kappa shape index (κ3) is 3.41. The molecule has 2 N–H and O–H groups in total. The number of sulfonamides is 1. The standard InChI is InChI=1S/C8H6Cl2F3NO3S/c9-7(10,8(11,12)13)17-5-3-1-2-4-6(5)18(14,15)16/h1-4H,(H2,14,15,16). The molecule has 18 heavy (non-hydrogen) atoms. The Bertz CT molecular complexity index is 545. The van der Waals surface area contributed by atoms with Gasteiger partial charge in [-0.05, 0) is 35.3 Å². The molecule has 0 fully saturated rings. The van der Waals surface area contributed by atoms with Gasteiger partial charge in [-0.15, -0.1) is 0 Å². The molecule has 0 aromatic heterocycles. The van der Waals surface area contributed by atoms with Crippen LogP contribution >= 0.6 is 23.2 Å². The summed E-state index contributed by atoms with van der Waals surface area (Å²) < 4.78 is 60.1. The number of nitrogens with two attached hydrogens (primary N) is 1. The zero-order chi connectivity index (χ0) is 14.2. The smallest absolute Gasteiger partial charge is 0.449 e. The Hall–Kier alpha value is -0.700. The molecule has 0 aliphatic heterocycles. The molecular formula is C8H6Cl2F3NO3S. The lowest BCUT2D eigenvalue weighted by Crippen LogP contribution is -2.40. The van der Waals surface area contributed by atoms with Gasteiger partial charge in [0.15, 0.2) is 0 Å². The van der Waals surface area contributed by atoms with Gasteiger partial charge in [0.25, 0.3) is 0 Å². The third-order valence-electron chi connectivity index (χ3n) is 1.72. The minimum absolute atomic E-state index is 0.653. The molecule has 0 atom stereocenters. The minimum atomic E-state index is -5.11. The maximum atomic E-state index is 12.4. The maximum Gasteiger partial charge on any atom is 0.459 e. The summed E-state index contributed by atoms with van der Waals surface area (Å²) in [6.07, 6.45) is -5.11. The summed E-state index contributed by atoms with van der Waals surface area (Å²) in [6, 6.07) is 4.41. The van der Waals surface area contributed by atoms with Crippen molar-refractivity contribution in [2.24, 2.45) is 5.14 Å². The normalized spacial score (nSPS) is 13.4. The fourth-order valence-corrected chi connectivity index (χ4v) is 1.79. The summed E-state index contributed by atoms with van der Waals surface area (Å²) >= 11 is 9.90. The molecule has 0 unspecified atom stereocenters. The molecule has 0 aliphatic rings. The summed E-state index contributed by atoms with van der Waals surface area (Å²) in [4.78, 5) is -0.653. The second-order valence-electron chi connectivity index (χ2n) is 3.11. The van der Waals surface area contributed by atoms with Gasteiger partial charge in [0.1, 0.15) is 10.6 Å². The summed E-state index contributed by atoms with van der Waals surface area (Å²) in [5, 5.41) is 4.81. The van der Waals surface area contributed by atoms with E-state index in [-0.39, 0.29) is 0 Å². The van der Waals surface area contributed by atoms with Crippen molar-refractivity contribution in [3.63, 3.8) is 0 Å². The van der Waals surface area contributed by atoms with E-state index in [2.05, 4.69) is 4.74 Å². The van der Waals surface area contributed by atoms with Crippen LogP contribution in [0.1, 0.15) is 0 Å². The zero-order valence-electron chi connectivity index (χ0n) is 8.41. The minimum Gasteiger partial charge on any atom is -0.449 e. The summed E-state index contributed by atoms with van der Waals surface area (Å²) in [5.41, 5.74) is 0. The molecule has 0 radical (unpaired) electrons. The molecule has 10 heteroatoms. The first kappa shape index (κ1) is 15.4. The summed E-state index contributed by atoms with van der Waals surface area (Å²) in [6.45, 7) is 0. The summed E-state index contributed by atoms with van der Waals surface area (Å²) in [7, 11) is -4.26. The fraction of sp³-hybridized carbons (Fsp3) is 0.250. The molecule has 0 amide bonds. The molecule has 4 nitrogen and oxygen atoms in total. The number of alkyl halides is 5. The van der Waals surface area contributed by atoms with Crippen LogP contribution in [0, 0.1) is 0 Å². The van der Waals surface area contributed by atoms with Crippen molar-refractivity contribution in [3.05, 3.63) is 24.3 Å². The highest BCUT2D eigenvalue weighted by atomic mass is 35.5. The van der Waals surface area contributed by atoms with E-state index in [1.165, 1.54) is 12.1 Å². The number of halogens is 5. The van der Waals surface area contributed by atoms with E-state index >= 15 is 0 Å². The molecule has 1 aromatic rings. The highest BCUT2D eigenvalue weighted by molar-refractivity contribution is 7.89. The molecule has 0 heterocycles. The van der Waals surface area contributed by atoms with Crippen LogP contribution in [0.3, 0.4) is 0 Å². The van der Waals surface area contributed by atoms with Crippen LogP contribution in [0.15, 0.2) is 29.2 Å². The lowest BCUT2D eigenvalue weighted by molar-refractivity contribution is -0.185. The first-order valence-corrected chi connectivity index (χ1v) is 6.51. The van der Waals surface area contributed by atoms with Gasteiger partial charge >= 0.3 is 10.7 Å². The van der Waals surface area contributed by atoms with Gasteiger partial charge < -0.3 is 4.74 Å². The van der Waals surface area contributed by atoms with Gasteiger partial charge in [-0.1, -0.05) is 12.1 Å². The van der Waals surface area contributed by atoms with E-state index in [4.69, 9.17) is 28.3 Å². The number of ether oxygens (including phenoxy) is 1. The predicted octanol–water partition coefficient (Wildman–Crippen LogP) is 2.41. The Morgan fingerprint density at radius 1 is 1.17 bits per heavy atom. The fourth-order valence-electron chi connectivity index (χ4n) is 0.965. The molecule has 0 aliphatic carbocycles. The van der Waals surface area contributed by atoms with Crippen LogP contribution in [-0.2, 0) is 10.0 Å². The van der Waals surface area contributed by atoms with Gasteiger partial charge in [-0.3, -0.25) is 0 Å². The average Bonchev–Trinajstić information content (AvgIpc) is 2.14. The van der Waals surface area contributed by atoms with E-state index in [1.807, 2.05) is 0 Å². The van der Waals surface area contributed by atoms with Crippen molar-refractivity contribution in [1.29, 1.82) is 0 Å². The van der Waals surface area contributed by atoms with Gasteiger partial charge in [0, 0.05) is 0 Å². The Labute approximate surface area is 110 Å². The lowest BCUT2D eigenvalue weighted by Gasteiger charge is -2.24. The zero-order valence-corrected chi connectivity index (χ0v) is 10.7. The maximum absolute atomic E-state index is 12.4. The largest absolute Gasteiger partial charge is 0.459 e. The number of hydrogen-bond acceptors (Lipinski definition) is 3. The number of hydrogen-bond donors (Lipinski definition) is 1. The Balaban J connectivity index is 3.22. The first-order chi connectivity index (χ1) is 7.95. The lowest BCUT2D eigenvalue weighted by atomic mass is 10.3. The van der Waals surface area contributed by atoms with E-state index < -0.39 is 31.4 Å². The van der Waals surface area contributed by atoms with Crippen molar-refractivity contribution in [1.82, 2.24) is 0 Å². The number of benzene rings is 1. The van der Waals surface area contributed by atoms with Crippen molar-refractivity contribution in [3.8, 4) is 5.75 Å². The second kappa shape index (κ2) is 4.76. The number of primary sulfonamides is 1. The SMILES string of the molecule is NS(=O)(=O)c1ccccc1OC(Cl)(Cl)C(F)(F)F. The third-order valence-corrected chi connectivity index (χ3v) is 3.26. The first-order valence-electron chi connectivity index (χ1n) is 4.20. The second-order valence-corrected chi connectivity index (χ2v) is 5.90. The molecule has 0 saturated carbocycles. The van der Waals surface area contributed by atoms with Crippen LogP contribution in [-0.4, -0.2) is 19.1 Å². The van der Waals surface area contributed by atoms with Gasteiger partial charge in [-0.25, -0.2) is 13.6 Å². The molecule has 102 valence electrons. The van der Waals surface area contributed by atoms with E-state index in [0.29, 0.717) is 0 Å². The molecule has 0 saturated heterocycles. The molecule has 0 bridgehead atoms. The van der Waals surface area contributed by atoms with Crippen LogP contribution in [0.5, 0.6) is 5.75 Å². The van der Waals surface area contributed by atoms with Gasteiger partial charge in [0.05, 0.1) is 0 Å². The monoisotopic (exact) mass is 323 g/mol. The van der Waals surface area contributed by atoms with Gasteiger partial charge in [0.2, 0.25) is 10.0 Å². The van der Waals surface area contributed by atoms with E-state index in [0.717, 1.165) is 12.1 Å². The van der Waals surface area contributed by atoms with Crippen molar-refractivity contribution in [2.45, 2.75) is 15.6 Å². The van der Waals surface area contributed by atoms with Crippen molar-refractivity contribution >= 4 is 33.2 Å². The van der Waals surface area contributed by atoms with Crippen LogP contribution < -0.4 is 9.88 Å². The molecule has 1 rings (SSSR count). The van der Waals surface area contributed by atoms with Crippen LogP contribution in [0.2, 0.25) is 0 Å². The number of para-hydroxylation sites is 1. The average molecular weight is 324 g/mol. The Kier molecular flexibility index (Phi) is 4.06. The highest BCUT2D eigenvalue weighted by Gasteiger charge is 2.56. The molecular weight excluding hydrogens is 318 g/mol. The van der Waals surface area contributed by atoms with Crippen LogP contribution in [0.25, 0.3) is 0 Å². The topological polar surface area (TPSA) is 69.4 Å². The molecule has 0 spiro atoms. The van der Waals surface area contributed by atoms with Crippen molar-refractivity contribution in [2.75, 3.05) is 0 Å². The highest BCUT2D eigenvalue weighted by Crippen LogP contribution is 2.42. The Morgan fingerprint density at radius 3 is 2.11 bits per heavy atom. The van der Waals surface area contributed by atoms with Gasteiger partial charge in [-0.2, -0.15) is 13.2 Å². The quantitative estimate of drug-likeness (QED) is 0.868. The van der Waals surface area contributed by atoms with Crippen LogP contribution in [0.4, 0.5) is 13.2 Å². The van der Waals surface area contributed by atoms with E-state index in [9.17, 15) is 21.6 Å².